The molecule has 1 aromatic heterocycles. The first-order valence-electron chi connectivity index (χ1n) is 12.6. The van der Waals surface area contributed by atoms with Crippen molar-refractivity contribution >= 4 is 40.6 Å². The molecule has 0 radical (unpaired) electrons. The van der Waals surface area contributed by atoms with Crippen LogP contribution in [0.3, 0.4) is 0 Å². The maximum absolute atomic E-state index is 13.1. The van der Waals surface area contributed by atoms with Crippen LogP contribution >= 0.6 is 0 Å². The van der Waals surface area contributed by atoms with Crippen LogP contribution in [0.5, 0.6) is 0 Å². The van der Waals surface area contributed by atoms with Crippen LogP contribution < -0.4 is 21.7 Å². The number of H-pyrrole nitrogens is 1. The van der Waals surface area contributed by atoms with Crippen molar-refractivity contribution in [2.45, 2.75) is 76.7 Å². The van der Waals surface area contributed by atoms with Crippen molar-refractivity contribution in [2.75, 3.05) is 0 Å². The molecule has 0 saturated heterocycles. The lowest BCUT2D eigenvalue weighted by molar-refractivity contribution is -0.143. The first-order valence-corrected chi connectivity index (χ1v) is 12.6. The molecule has 0 fully saturated rings. The van der Waals surface area contributed by atoms with Crippen LogP contribution in [0.15, 0.2) is 30.5 Å². The summed E-state index contributed by atoms with van der Waals surface area (Å²) in [5.41, 5.74) is 7.28. The number of para-hydroxylation sites is 1. The van der Waals surface area contributed by atoms with Gasteiger partial charge in [0.25, 0.3) is 0 Å². The zero-order chi connectivity index (χ0) is 29.3. The number of nitrogens with two attached hydrogens (primary N) is 1. The zero-order valence-electron chi connectivity index (χ0n) is 22.1. The third-order valence-corrected chi connectivity index (χ3v) is 6.12. The van der Waals surface area contributed by atoms with E-state index >= 15 is 0 Å². The van der Waals surface area contributed by atoms with Gasteiger partial charge in [0, 0.05) is 29.9 Å². The number of aliphatic carboxylic acids is 2. The summed E-state index contributed by atoms with van der Waals surface area (Å²) in [5.74, 6) is -5.03. The van der Waals surface area contributed by atoms with Crippen LogP contribution in [0.4, 0.5) is 0 Å². The number of nitrogens with one attached hydrogen (secondary N) is 4. The fraction of sp³-hybridized carbons (Fsp3) is 0.500. The number of aliphatic hydroxyl groups is 1. The average molecular weight is 548 g/mol. The van der Waals surface area contributed by atoms with Crippen LogP contribution in [0.25, 0.3) is 10.9 Å². The number of carboxylic acid groups (broad SMARTS) is 2. The Kier molecular flexibility index (Phi) is 11.4. The van der Waals surface area contributed by atoms with Gasteiger partial charge in [0.05, 0.1) is 12.1 Å². The van der Waals surface area contributed by atoms with E-state index in [1.165, 1.54) is 6.92 Å². The molecule has 9 N–H and O–H groups in total. The largest absolute Gasteiger partial charge is 0.481 e. The Bertz CT molecular complexity index is 1180. The number of aromatic nitrogens is 1. The van der Waals surface area contributed by atoms with Crippen LogP contribution in [0.2, 0.25) is 0 Å². The van der Waals surface area contributed by atoms with Gasteiger partial charge < -0.3 is 42.0 Å². The number of carboxylic acids is 2. The highest BCUT2D eigenvalue weighted by atomic mass is 16.4. The van der Waals surface area contributed by atoms with E-state index in [0.717, 1.165) is 10.9 Å². The number of aliphatic hydroxyl groups excluding tert-OH is 1. The molecule has 39 heavy (non-hydrogen) atoms. The van der Waals surface area contributed by atoms with E-state index in [1.54, 1.807) is 18.3 Å². The van der Waals surface area contributed by atoms with Crippen LogP contribution in [-0.4, -0.2) is 80.2 Å². The SMILES string of the molecule is CC(C)CC(N)C(=O)NC(C(=O)NC(CCC(=O)O)C(=O)NC(Cc1c[nH]c2ccccc12)C(=O)O)C(C)O. The fourth-order valence-corrected chi connectivity index (χ4v) is 4.07. The molecule has 1 aromatic carbocycles. The first kappa shape index (κ1) is 31.2. The lowest BCUT2D eigenvalue weighted by Crippen LogP contribution is -2.60. The number of benzene rings is 1. The highest BCUT2D eigenvalue weighted by molar-refractivity contribution is 5.94. The summed E-state index contributed by atoms with van der Waals surface area (Å²) in [4.78, 5) is 64.7. The summed E-state index contributed by atoms with van der Waals surface area (Å²) in [6.07, 6.45) is -0.363. The van der Waals surface area contributed by atoms with Gasteiger partial charge in [-0.2, -0.15) is 0 Å². The van der Waals surface area contributed by atoms with Gasteiger partial charge >= 0.3 is 11.9 Å². The molecular formula is C26H37N5O8. The second-order valence-corrected chi connectivity index (χ2v) is 9.92. The van der Waals surface area contributed by atoms with E-state index in [0.29, 0.717) is 12.0 Å². The van der Waals surface area contributed by atoms with E-state index in [1.807, 2.05) is 26.0 Å². The summed E-state index contributed by atoms with van der Waals surface area (Å²) in [7, 11) is 0. The van der Waals surface area contributed by atoms with Crippen molar-refractivity contribution in [2.24, 2.45) is 11.7 Å². The smallest absolute Gasteiger partial charge is 0.326 e. The molecule has 3 amide bonds. The van der Waals surface area contributed by atoms with Crippen LogP contribution in [-0.2, 0) is 30.4 Å². The predicted octanol–water partition coefficient (Wildman–Crippen LogP) is -0.132. The third-order valence-electron chi connectivity index (χ3n) is 6.12. The average Bonchev–Trinajstić information content (AvgIpc) is 3.26. The summed E-state index contributed by atoms with van der Waals surface area (Å²) in [6.45, 7) is 4.98. The number of hydrogen-bond acceptors (Lipinski definition) is 7. The Labute approximate surface area is 225 Å². The molecule has 2 rings (SSSR count). The van der Waals surface area contributed by atoms with Crippen molar-refractivity contribution in [3.05, 3.63) is 36.0 Å². The minimum absolute atomic E-state index is 0.0786. The fourth-order valence-electron chi connectivity index (χ4n) is 4.07. The summed E-state index contributed by atoms with van der Waals surface area (Å²) in [5, 5.41) is 36.8. The predicted molar refractivity (Wildman–Crippen MR) is 141 cm³/mol. The van der Waals surface area contributed by atoms with Crippen molar-refractivity contribution in [1.82, 2.24) is 20.9 Å². The van der Waals surface area contributed by atoms with Crippen molar-refractivity contribution in [3.8, 4) is 0 Å². The molecule has 13 heteroatoms. The van der Waals surface area contributed by atoms with Gasteiger partial charge in [-0.15, -0.1) is 0 Å². The second-order valence-electron chi connectivity index (χ2n) is 9.92. The van der Waals surface area contributed by atoms with Gasteiger partial charge in [0.15, 0.2) is 0 Å². The van der Waals surface area contributed by atoms with E-state index < -0.39 is 66.4 Å². The number of carbonyl (C=O) groups is 5. The normalized spacial score (nSPS) is 15.1. The molecule has 0 aliphatic rings. The van der Waals surface area contributed by atoms with E-state index in [2.05, 4.69) is 20.9 Å². The number of carbonyl (C=O) groups excluding carboxylic acids is 3. The zero-order valence-corrected chi connectivity index (χ0v) is 22.1. The number of aromatic amines is 1. The van der Waals surface area contributed by atoms with Gasteiger partial charge in [-0.25, -0.2) is 4.79 Å². The highest BCUT2D eigenvalue weighted by Crippen LogP contribution is 2.19. The minimum atomic E-state index is -1.49. The Hall–Kier alpha value is -3.97. The number of amides is 3. The van der Waals surface area contributed by atoms with Gasteiger partial charge in [0.1, 0.15) is 18.1 Å². The number of rotatable bonds is 15. The third kappa shape index (κ3) is 9.37. The van der Waals surface area contributed by atoms with Crippen molar-refractivity contribution in [3.63, 3.8) is 0 Å². The van der Waals surface area contributed by atoms with Crippen molar-refractivity contribution in [1.29, 1.82) is 0 Å². The van der Waals surface area contributed by atoms with Gasteiger partial charge in [-0.1, -0.05) is 32.0 Å². The molecule has 0 spiro atoms. The molecule has 0 bridgehead atoms. The Morgan fingerprint density at radius 1 is 0.923 bits per heavy atom. The quantitative estimate of drug-likeness (QED) is 0.148. The highest BCUT2D eigenvalue weighted by Gasteiger charge is 2.33. The molecule has 0 aliphatic carbocycles. The first-order chi connectivity index (χ1) is 18.3. The van der Waals surface area contributed by atoms with Gasteiger partial charge in [-0.3, -0.25) is 19.2 Å². The topological polar surface area (TPSA) is 224 Å². The van der Waals surface area contributed by atoms with E-state index in [9.17, 15) is 34.2 Å². The maximum atomic E-state index is 13.1. The summed E-state index contributed by atoms with van der Waals surface area (Å²) in [6, 6.07) is 1.95. The van der Waals surface area contributed by atoms with Gasteiger partial charge in [0.2, 0.25) is 17.7 Å². The number of hydrogen-bond donors (Lipinski definition) is 8. The molecule has 0 saturated carbocycles. The minimum Gasteiger partial charge on any atom is -0.481 e. The molecule has 2 aromatic rings. The Morgan fingerprint density at radius 2 is 1.56 bits per heavy atom. The Balaban J connectivity index is 2.18. The molecule has 0 aliphatic heterocycles. The number of fused-ring (bicyclic) bond motifs is 1. The maximum Gasteiger partial charge on any atom is 0.326 e. The molecule has 5 unspecified atom stereocenters. The monoisotopic (exact) mass is 547 g/mol. The van der Waals surface area contributed by atoms with Gasteiger partial charge in [-0.05, 0) is 37.3 Å². The summed E-state index contributed by atoms with van der Waals surface area (Å²) < 4.78 is 0. The molecule has 214 valence electrons. The van der Waals surface area contributed by atoms with Crippen LogP contribution in [0, 0.1) is 5.92 Å². The molecule has 1 heterocycles. The molecule has 13 nitrogen and oxygen atoms in total. The lowest BCUT2D eigenvalue weighted by Gasteiger charge is -2.26. The second kappa shape index (κ2) is 14.3. The summed E-state index contributed by atoms with van der Waals surface area (Å²) >= 11 is 0. The standard InChI is InChI=1S/C26H37N5O8/c1-13(2)10-17(27)23(35)31-22(14(3)32)25(37)29-19(8-9-21(33)34)24(36)30-20(26(38)39)11-15-12-28-18-7-5-4-6-16(15)18/h4-7,12-14,17,19-20,22,28,32H,8-11,27H2,1-3H3,(H,29,37)(H,30,36)(H,31,35)(H,33,34)(H,38,39). The van der Waals surface area contributed by atoms with Crippen molar-refractivity contribution < 1.29 is 39.3 Å². The molecular weight excluding hydrogens is 510 g/mol. The van der Waals surface area contributed by atoms with Crippen LogP contribution in [0.1, 0.15) is 45.6 Å². The van der Waals surface area contributed by atoms with E-state index in [4.69, 9.17) is 10.8 Å². The Morgan fingerprint density at radius 3 is 2.15 bits per heavy atom. The molecule has 5 atom stereocenters. The lowest BCUT2D eigenvalue weighted by atomic mass is 10.0. The van der Waals surface area contributed by atoms with E-state index in [-0.39, 0.29) is 18.8 Å².